The van der Waals surface area contributed by atoms with Crippen molar-refractivity contribution in [3.05, 3.63) is 101 Å². The summed E-state index contributed by atoms with van der Waals surface area (Å²) in [4.78, 5) is 13.0. The topological polar surface area (TPSA) is 55.3 Å². The second kappa shape index (κ2) is 10.4. The molecule has 0 saturated heterocycles. The van der Waals surface area contributed by atoms with Crippen LogP contribution in [-0.4, -0.2) is 22.2 Å². The van der Waals surface area contributed by atoms with E-state index in [0.717, 1.165) is 30.0 Å². The Kier molecular flexibility index (Phi) is 7.14. The largest absolute Gasteiger partial charge is 0.463 e. The van der Waals surface area contributed by atoms with Crippen molar-refractivity contribution in [3.63, 3.8) is 0 Å². The van der Waals surface area contributed by atoms with E-state index in [1.54, 1.807) is 0 Å². The molecule has 2 heterocycles. The smallest absolute Gasteiger partial charge is 0.340 e. The fourth-order valence-corrected chi connectivity index (χ4v) is 4.60. The van der Waals surface area contributed by atoms with Crippen molar-refractivity contribution in [2.75, 3.05) is 6.61 Å². The Hall–Kier alpha value is -3.22. The van der Waals surface area contributed by atoms with Crippen molar-refractivity contribution in [3.8, 4) is 11.1 Å². The summed E-state index contributed by atoms with van der Waals surface area (Å²) in [5.74, 6) is 0.541. The lowest BCUT2D eigenvalue weighted by Gasteiger charge is -2.11. The third kappa shape index (κ3) is 5.15. The van der Waals surface area contributed by atoms with Crippen LogP contribution in [0.5, 0.6) is 0 Å². The Labute approximate surface area is 192 Å². The maximum atomic E-state index is 12.4. The van der Waals surface area contributed by atoms with Crippen molar-refractivity contribution in [2.24, 2.45) is 0 Å². The molecule has 0 saturated carbocycles. The molecule has 0 spiro atoms. The number of rotatable bonds is 9. The molecule has 1 atom stereocenters. The monoisotopic (exact) mass is 447 g/mol. The van der Waals surface area contributed by atoms with Crippen molar-refractivity contribution < 1.29 is 19.2 Å². The van der Waals surface area contributed by atoms with Gasteiger partial charge in [-0.25, -0.2) is 13.9 Å². The molecule has 1 N–H and O–H groups in total. The molecule has 0 amide bonds. The molecule has 32 heavy (non-hydrogen) atoms. The molecule has 4 aromatic rings. The molecule has 5 nitrogen and oxygen atoms in total. The van der Waals surface area contributed by atoms with Gasteiger partial charge in [0.1, 0.15) is 18.9 Å². The fourth-order valence-electron chi connectivity index (χ4n) is 3.71. The van der Waals surface area contributed by atoms with Crippen LogP contribution in [0.4, 0.5) is 0 Å². The van der Waals surface area contributed by atoms with Crippen LogP contribution < -0.4 is 4.57 Å². The first kappa shape index (κ1) is 22.0. The number of benzene rings is 2. The number of aromatic nitrogens is 2. The molecule has 0 radical (unpaired) electrons. The van der Waals surface area contributed by atoms with Gasteiger partial charge in [0, 0.05) is 13.3 Å². The number of aliphatic hydroxyl groups is 1. The molecule has 164 valence electrons. The molecule has 0 aliphatic heterocycles. The number of hydrogen-bond acceptors (Lipinski definition) is 4. The summed E-state index contributed by atoms with van der Waals surface area (Å²) in [6.07, 6.45) is 3.52. The van der Waals surface area contributed by atoms with E-state index < -0.39 is 12.1 Å². The second-order valence-electron chi connectivity index (χ2n) is 7.64. The van der Waals surface area contributed by atoms with Crippen LogP contribution in [0, 0.1) is 6.92 Å². The Balaban J connectivity index is 1.28. The molecular weight excluding hydrogens is 420 g/mol. The number of carbonyl (C=O) groups excluding carboxylic acids is 1. The predicted octanol–water partition coefficient (Wildman–Crippen LogP) is 4.53. The van der Waals surface area contributed by atoms with Gasteiger partial charge in [-0.15, -0.1) is 11.3 Å². The van der Waals surface area contributed by atoms with Gasteiger partial charge >= 0.3 is 5.97 Å². The van der Waals surface area contributed by atoms with Crippen molar-refractivity contribution >= 4 is 17.3 Å². The van der Waals surface area contributed by atoms with Gasteiger partial charge in [-0.2, -0.15) is 0 Å². The fraction of sp³-hybridized carbons (Fsp3) is 0.231. The molecule has 0 aliphatic rings. The SMILES string of the molecule is Cc1n(CCCOC(=O)C(O)c2sccc2-c2ccccc2)cc[n+]1Cc1ccccc1. The molecule has 1 unspecified atom stereocenters. The summed E-state index contributed by atoms with van der Waals surface area (Å²) in [6.45, 7) is 3.91. The van der Waals surface area contributed by atoms with Crippen molar-refractivity contribution in [1.82, 2.24) is 4.57 Å². The van der Waals surface area contributed by atoms with Crippen LogP contribution in [0.1, 0.15) is 28.8 Å². The maximum Gasteiger partial charge on any atom is 0.340 e. The molecule has 2 aromatic carbocycles. The summed E-state index contributed by atoms with van der Waals surface area (Å²) < 4.78 is 9.73. The number of thiophene rings is 1. The highest BCUT2D eigenvalue weighted by atomic mass is 32.1. The summed E-state index contributed by atoms with van der Waals surface area (Å²) >= 11 is 1.36. The van der Waals surface area contributed by atoms with Crippen LogP contribution in [-0.2, 0) is 22.6 Å². The first-order valence-corrected chi connectivity index (χ1v) is 11.6. The Morgan fingerprint density at radius 2 is 1.81 bits per heavy atom. The van der Waals surface area contributed by atoms with Crippen LogP contribution in [0.2, 0.25) is 0 Å². The number of ether oxygens (including phenoxy) is 1. The van der Waals surface area contributed by atoms with Crippen molar-refractivity contribution in [2.45, 2.75) is 32.5 Å². The Bertz CT molecular complexity index is 1150. The minimum atomic E-state index is -1.27. The number of aliphatic hydroxyl groups excluding tert-OH is 1. The van der Waals surface area contributed by atoms with E-state index in [1.165, 1.54) is 16.9 Å². The number of imidazole rings is 1. The van der Waals surface area contributed by atoms with Gasteiger partial charge in [-0.1, -0.05) is 60.7 Å². The minimum absolute atomic E-state index is 0.262. The molecule has 6 heteroatoms. The summed E-state index contributed by atoms with van der Waals surface area (Å²) in [5, 5.41) is 12.4. The molecular formula is C26H27N2O3S+. The van der Waals surface area contributed by atoms with Gasteiger partial charge < -0.3 is 9.84 Å². The third-order valence-electron chi connectivity index (χ3n) is 5.49. The number of carbonyl (C=O) groups is 1. The van der Waals surface area contributed by atoms with Gasteiger partial charge in [0.25, 0.3) is 5.82 Å². The second-order valence-corrected chi connectivity index (χ2v) is 8.59. The average molecular weight is 448 g/mol. The van der Waals surface area contributed by atoms with E-state index in [9.17, 15) is 9.90 Å². The van der Waals surface area contributed by atoms with E-state index in [1.807, 2.05) is 66.2 Å². The third-order valence-corrected chi connectivity index (χ3v) is 6.46. The molecule has 0 bridgehead atoms. The predicted molar refractivity (Wildman–Crippen MR) is 125 cm³/mol. The van der Waals surface area contributed by atoms with Crippen LogP contribution >= 0.6 is 11.3 Å². The van der Waals surface area contributed by atoms with Crippen LogP contribution in [0.25, 0.3) is 11.1 Å². The molecule has 0 aliphatic carbocycles. The van der Waals surface area contributed by atoms with E-state index in [4.69, 9.17) is 4.74 Å². The zero-order valence-electron chi connectivity index (χ0n) is 18.1. The van der Waals surface area contributed by atoms with Gasteiger partial charge in [0.05, 0.1) is 18.0 Å². The van der Waals surface area contributed by atoms with E-state index in [2.05, 4.69) is 34.4 Å². The molecule has 0 fully saturated rings. The number of hydrogen-bond donors (Lipinski definition) is 1. The zero-order valence-corrected chi connectivity index (χ0v) is 18.9. The zero-order chi connectivity index (χ0) is 22.3. The molecule has 2 aromatic heterocycles. The average Bonchev–Trinajstić information content (AvgIpc) is 3.45. The highest BCUT2D eigenvalue weighted by Crippen LogP contribution is 2.33. The number of esters is 1. The lowest BCUT2D eigenvalue weighted by Crippen LogP contribution is -2.36. The van der Waals surface area contributed by atoms with Crippen LogP contribution in [0.3, 0.4) is 0 Å². The van der Waals surface area contributed by atoms with E-state index in [-0.39, 0.29) is 6.61 Å². The first-order valence-electron chi connectivity index (χ1n) is 10.7. The van der Waals surface area contributed by atoms with Gasteiger partial charge in [0.2, 0.25) is 0 Å². The normalized spacial score (nSPS) is 11.9. The summed E-state index contributed by atoms with van der Waals surface area (Å²) in [5.41, 5.74) is 3.10. The standard InChI is InChI=1S/C26H27N2O3S/c1-20-27(15-16-28(20)19-21-9-4-2-5-10-21)14-8-17-31-26(30)24(29)25-23(13-18-32-25)22-11-6-3-7-12-22/h2-7,9-13,15-16,18,24,29H,8,14,17,19H2,1H3/q+1. The lowest BCUT2D eigenvalue weighted by atomic mass is 10.0. The van der Waals surface area contributed by atoms with E-state index in [0.29, 0.717) is 11.3 Å². The van der Waals surface area contributed by atoms with Crippen LogP contribution in [0.15, 0.2) is 84.5 Å². The first-order chi connectivity index (χ1) is 15.6. The quantitative estimate of drug-likeness (QED) is 0.233. The Morgan fingerprint density at radius 3 is 2.56 bits per heavy atom. The summed E-state index contributed by atoms with van der Waals surface area (Å²) in [6, 6.07) is 22.0. The Morgan fingerprint density at radius 1 is 1.09 bits per heavy atom. The number of nitrogens with zero attached hydrogens (tertiary/aromatic N) is 2. The lowest BCUT2D eigenvalue weighted by molar-refractivity contribution is -0.694. The van der Waals surface area contributed by atoms with E-state index >= 15 is 0 Å². The van der Waals surface area contributed by atoms with Crippen molar-refractivity contribution in [1.29, 1.82) is 0 Å². The van der Waals surface area contributed by atoms with Gasteiger partial charge in [0.15, 0.2) is 6.10 Å². The van der Waals surface area contributed by atoms with Gasteiger partial charge in [-0.3, -0.25) is 0 Å². The van der Waals surface area contributed by atoms with Gasteiger partial charge in [-0.05, 0) is 28.1 Å². The highest BCUT2D eigenvalue weighted by Gasteiger charge is 2.24. The highest BCUT2D eigenvalue weighted by molar-refractivity contribution is 7.10. The molecule has 4 rings (SSSR count). The number of aryl methyl sites for hydroxylation is 1. The minimum Gasteiger partial charge on any atom is -0.463 e. The maximum absolute atomic E-state index is 12.4. The summed E-state index contributed by atoms with van der Waals surface area (Å²) in [7, 11) is 0.